The van der Waals surface area contributed by atoms with Crippen molar-refractivity contribution in [2.24, 2.45) is 15.9 Å². The summed E-state index contributed by atoms with van der Waals surface area (Å²) < 4.78 is 11.5. The van der Waals surface area contributed by atoms with Gasteiger partial charge < -0.3 is 14.4 Å². The second-order valence-corrected chi connectivity index (χ2v) is 8.06. The van der Waals surface area contributed by atoms with Gasteiger partial charge in [0, 0.05) is 31.9 Å². The second-order valence-electron chi connectivity index (χ2n) is 8.06. The van der Waals surface area contributed by atoms with Crippen molar-refractivity contribution in [1.29, 1.82) is 0 Å². The molecule has 2 fully saturated rings. The molecule has 1 aromatic rings. The summed E-state index contributed by atoms with van der Waals surface area (Å²) in [5.41, 5.74) is 1.36. The fourth-order valence-corrected chi connectivity index (χ4v) is 4.70. The summed E-state index contributed by atoms with van der Waals surface area (Å²) in [6, 6.07) is 6.98. The number of guanidine groups is 1. The van der Waals surface area contributed by atoms with E-state index < -0.39 is 0 Å². The number of allylic oxidation sites excluding steroid dienone is 1. The maximum absolute atomic E-state index is 5.80. The van der Waals surface area contributed by atoms with Crippen molar-refractivity contribution in [3.05, 3.63) is 36.0 Å². The Hall–Kier alpha value is -2.34. The van der Waals surface area contributed by atoms with E-state index in [9.17, 15) is 0 Å². The third-order valence-electron chi connectivity index (χ3n) is 6.19. The minimum absolute atomic E-state index is 0.491. The van der Waals surface area contributed by atoms with Gasteiger partial charge in [-0.1, -0.05) is 12.1 Å². The van der Waals surface area contributed by atoms with Gasteiger partial charge in [0.05, 0.1) is 0 Å². The third-order valence-corrected chi connectivity index (χ3v) is 6.19. The summed E-state index contributed by atoms with van der Waals surface area (Å²) >= 11 is 0. The van der Waals surface area contributed by atoms with Gasteiger partial charge in [-0.25, -0.2) is 9.98 Å². The normalized spacial score (nSPS) is 23.7. The van der Waals surface area contributed by atoms with Crippen molar-refractivity contribution in [3.8, 4) is 11.5 Å². The summed E-state index contributed by atoms with van der Waals surface area (Å²) in [4.78, 5) is 13.4. The average Bonchev–Trinajstić information content (AvgIpc) is 3.23. The second kappa shape index (κ2) is 9.44. The SMILES string of the molecule is C=N/C(=N\C=C/C)N1CCC(CN2CCC[C@H]2c2ccc3c(c2)OCCO3)CC1. The molecule has 0 unspecified atom stereocenters. The molecule has 0 aromatic heterocycles. The number of hydrogen-bond donors (Lipinski definition) is 0. The van der Waals surface area contributed by atoms with Crippen molar-refractivity contribution >= 4 is 12.7 Å². The topological polar surface area (TPSA) is 49.7 Å². The Kier molecular flexibility index (Phi) is 6.49. The standard InChI is InChI=1S/C23H32N4O2/c1-3-10-25-23(24-2)26-12-8-18(9-13-26)17-27-11-4-5-20(27)19-6-7-21-22(16-19)29-15-14-28-21/h3,6-7,10,16,18,20H,2,4-5,8-9,11-15,17H2,1H3/b10-3-,25-23+/t20-/m0/s1. The van der Waals surface area contributed by atoms with Crippen LogP contribution in [0.1, 0.15) is 44.2 Å². The monoisotopic (exact) mass is 396 g/mol. The maximum Gasteiger partial charge on any atom is 0.224 e. The molecule has 0 spiro atoms. The molecule has 3 heterocycles. The highest BCUT2D eigenvalue weighted by atomic mass is 16.6. The van der Waals surface area contributed by atoms with Crippen LogP contribution in [-0.4, -0.2) is 61.9 Å². The molecule has 1 atom stereocenters. The molecule has 3 aliphatic rings. The van der Waals surface area contributed by atoms with Crippen molar-refractivity contribution in [2.75, 3.05) is 39.4 Å². The Morgan fingerprint density at radius 3 is 2.69 bits per heavy atom. The average molecular weight is 397 g/mol. The van der Waals surface area contributed by atoms with Crippen molar-refractivity contribution in [2.45, 2.75) is 38.6 Å². The van der Waals surface area contributed by atoms with Gasteiger partial charge in [0.15, 0.2) is 11.5 Å². The largest absolute Gasteiger partial charge is 0.486 e. The van der Waals surface area contributed by atoms with Crippen LogP contribution in [0.3, 0.4) is 0 Å². The summed E-state index contributed by atoms with van der Waals surface area (Å²) in [6.45, 7) is 11.3. The van der Waals surface area contributed by atoms with Crippen LogP contribution in [0.5, 0.6) is 11.5 Å². The van der Waals surface area contributed by atoms with Crippen LogP contribution < -0.4 is 9.47 Å². The van der Waals surface area contributed by atoms with Gasteiger partial charge >= 0.3 is 0 Å². The van der Waals surface area contributed by atoms with Gasteiger partial charge in [-0.05, 0) is 69.5 Å². The Balaban J connectivity index is 1.36. The highest BCUT2D eigenvalue weighted by molar-refractivity contribution is 5.84. The molecule has 6 heteroatoms. The van der Waals surface area contributed by atoms with Crippen molar-refractivity contribution < 1.29 is 9.47 Å². The van der Waals surface area contributed by atoms with Crippen LogP contribution in [0.25, 0.3) is 0 Å². The van der Waals surface area contributed by atoms with E-state index in [1.165, 1.54) is 37.8 Å². The quantitative estimate of drug-likeness (QED) is 0.572. The fourth-order valence-electron chi connectivity index (χ4n) is 4.70. The fraction of sp³-hybridized carbons (Fsp3) is 0.565. The van der Waals surface area contributed by atoms with Gasteiger partial charge in [0.2, 0.25) is 5.96 Å². The third kappa shape index (κ3) is 4.64. The van der Waals surface area contributed by atoms with Gasteiger partial charge in [0.1, 0.15) is 13.2 Å². The predicted octanol–water partition coefficient (Wildman–Crippen LogP) is 3.90. The van der Waals surface area contributed by atoms with Crippen LogP contribution in [-0.2, 0) is 0 Å². The Morgan fingerprint density at radius 2 is 1.93 bits per heavy atom. The Bertz CT molecular complexity index is 768. The first-order chi connectivity index (χ1) is 14.3. The van der Waals surface area contributed by atoms with E-state index in [0.29, 0.717) is 19.3 Å². The number of aliphatic imine (C=N–C) groups is 2. The Labute approximate surface area is 173 Å². The first-order valence-electron chi connectivity index (χ1n) is 10.8. The molecule has 0 aliphatic carbocycles. The number of hydrogen-bond acceptors (Lipinski definition) is 4. The van der Waals surface area contributed by atoms with E-state index in [1.54, 1.807) is 6.20 Å². The lowest BCUT2D eigenvalue weighted by atomic mass is 9.95. The summed E-state index contributed by atoms with van der Waals surface area (Å²) in [6.07, 6.45) is 8.54. The van der Waals surface area contributed by atoms with Crippen LogP contribution in [0, 0.1) is 5.92 Å². The molecule has 2 saturated heterocycles. The molecule has 29 heavy (non-hydrogen) atoms. The summed E-state index contributed by atoms with van der Waals surface area (Å²) in [5, 5.41) is 0. The number of nitrogens with zero attached hydrogens (tertiary/aromatic N) is 4. The van der Waals surface area contributed by atoms with E-state index in [2.05, 4.69) is 44.7 Å². The summed E-state index contributed by atoms with van der Waals surface area (Å²) in [7, 11) is 0. The minimum Gasteiger partial charge on any atom is -0.486 e. The molecular weight excluding hydrogens is 364 g/mol. The highest BCUT2D eigenvalue weighted by Crippen LogP contribution is 2.38. The van der Waals surface area contributed by atoms with Gasteiger partial charge in [-0.15, -0.1) is 0 Å². The van der Waals surface area contributed by atoms with Gasteiger partial charge in [-0.3, -0.25) is 4.90 Å². The molecule has 6 nitrogen and oxygen atoms in total. The van der Waals surface area contributed by atoms with Gasteiger partial charge in [-0.2, -0.15) is 0 Å². The van der Waals surface area contributed by atoms with E-state index in [4.69, 9.17) is 9.47 Å². The number of ether oxygens (including phenoxy) is 2. The molecule has 0 saturated carbocycles. The first-order valence-corrected chi connectivity index (χ1v) is 10.8. The molecule has 0 N–H and O–H groups in total. The van der Waals surface area contributed by atoms with E-state index >= 15 is 0 Å². The molecular formula is C23H32N4O2. The lowest BCUT2D eigenvalue weighted by molar-refractivity contribution is 0.164. The minimum atomic E-state index is 0.491. The van der Waals surface area contributed by atoms with E-state index in [1.807, 2.05) is 13.0 Å². The van der Waals surface area contributed by atoms with Gasteiger partial charge in [0.25, 0.3) is 0 Å². The molecule has 0 radical (unpaired) electrons. The number of benzene rings is 1. The van der Waals surface area contributed by atoms with Crippen molar-refractivity contribution in [3.63, 3.8) is 0 Å². The van der Waals surface area contributed by atoms with Crippen LogP contribution in [0.4, 0.5) is 0 Å². The van der Waals surface area contributed by atoms with E-state index in [0.717, 1.165) is 43.0 Å². The van der Waals surface area contributed by atoms with Crippen LogP contribution >= 0.6 is 0 Å². The maximum atomic E-state index is 5.80. The first kappa shape index (κ1) is 20.0. The molecule has 4 rings (SSSR count). The predicted molar refractivity (Wildman–Crippen MR) is 117 cm³/mol. The zero-order valence-electron chi connectivity index (χ0n) is 17.4. The summed E-state index contributed by atoms with van der Waals surface area (Å²) in [5.74, 6) is 3.25. The number of fused-ring (bicyclic) bond motifs is 1. The zero-order chi connectivity index (χ0) is 20.1. The molecule has 1 aromatic carbocycles. The van der Waals surface area contributed by atoms with Crippen LogP contribution in [0.15, 0.2) is 40.5 Å². The lowest BCUT2D eigenvalue weighted by Gasteiger charge is -2.36. The zero-order valence-corrected chi connectivity index (χ0v) is 17.4. The smallest absolute Gasteiger partial charge is 0.224 e. The number of rotatable bonds is 4. The molecule has 156 valence electrons. The highest BCUT2D eigenvalue weighted by Gasteiger charge is 2.30. The van der Waals surface area contributed by atoms with E-state index in [-0.39, 0.29) is 0 Å². The lowest BCUT2D eigenvalue weighted by Crippen LogP contribution is -2.41. The molecule has 0 amide bonds. The van der Waals surface area contributed by atoms with Crippen molar-refractivity contribution in [1.82, 2.24) is 9.80 Å². The van der Waals surface area contributed by atoms with Crippen LogP contribution in [0.2, 0.25) is 0 Å². The number of likely N-dealkylation sites (tertiary alicyclic amines) is 2. The molecule has 3 aliphatic heterocycles. The molecule has 0 bridgehead atoms. The Morgan fingerprint density at radius 1 is 1.14 bits per heavy atom. The number of piperidine rings is 1.